The van der Waals surface area contributed by atoms with Crippen LogP contribution in [-0.4, -0.2) is 25.6 Å². The zero-order valence-electron chi connectivity index (χ0n) is 15.1. The van der Waals surface area contributed by atoms with Crippen LogP contribution in [0.3, 0.4) is 0 Å². The Balaban J connectivity index is 1.92. The smallest absolute Gasteiger partial charge is 0.363 e. The molecule has 134 valence electrons. The molecule has 0 fully saturated rings. The van der Waals surface area contributed by atoms with E-state index in [-0.39, 0.29) is 5.70 Å². The first-order valence-electron chi connectivity index (χ1n) is 8.51. The molecule has 0 saturated carbocycles. The molecule has 5 heteroatoms. The van der Waals surface area contributed by atoms with Gasteiger partial charge in [0.15, 0.2) is 17.2 Å². The van der Waals surface area contributed by atoms with Gasteiger partial charge in [-0.3, -0.25) is 0 Å². The van der Waals surface area contributed by atoms with E-state index in [1.165, 1.54) is 0 Å². The minimum Gasteiger partial charge on any atom is -0.493 e. The van der Waals surface area contributed by atoms with E-state index in [0.717, 1.165) is 23.1 Å². The lowest BCUT2D eigenvalue weighted by molar-refractivity contribution is -0.129. The number of nitrogens with zero attached hydrogens (tertiary/aromatic N) is 1. The highest BCUT2D eigenvalue weighted by Gasteiger charge is 2.25. The number of rotatable bonds is 6. The van der Waals surface area contributed by atoms with Crippen molar-refractivity contribution in [1.82, 2.24) is 0 Å². The predicted molar refractivity (Wildman–Crippen MR) is 101 cm³/mol. The number of aryl methyl sites for hydroxylation is 1. The number of carbonyl (C=O) groups is 1. The second-order valence-corrected chi connectivity index (χ2v) is 5.91. The largest absolute Gasteiger partial charge is 0.493 e. The number of esters is 1. The summed E-state index contributed by atoms with van der Waals surface area (Å²) in [7, 11) is 1.60. The summed E-state index contributed by atoms with van der Waals surface area (Å²) < 4.78 is 16.4. The summed E-state index contributed by atoms with van der Waals surface area (Å²) in [5.41, 5.74) is 2.86. The van der Waals surface area contributed by atoms with Gasteiger partial charge in [0.1, 0.15) is 0 Å². The van der Waals surface area contributed by atoms with Gasteiger partial charge in [0.05, 0.1) is 13.7 Å². The third-order valence-corrected chi connectivity index (χ3v) is 3.95. The summed E-state index contributed by atoms with van der Waals surface area (Å²) in [6.07, 6.45) is 2.58. The summed E-state index contributed by atoms with van der Waals surface area (Å²) in [6, 6.07) is 13.1. The molecule has 0 bridgehead atoms. The van der Waals surface area contributed by atoms with Crippen LogP contribution in [-0.2, 0) is 9.53 Å². The van der Waals surface area contributed by atoms with E-state index in [1.54, 1.807) is 13.2 Å². The maximum Gasteiger partial charge on any atom is 0.363 e. The number of aliphatic imine (C=N–C) groups is 1. The van der Waals surface area contributed by atoms with Gasteiger partial charge in [-0.25, -0.2) is 9.79 Å². The Morgan fingerprint density at radius 1 is 1.15 bits per heavy atom. The predicted octanol–water partition coefficient (Wildman–Crippen LogP) is 4.14. The normalized spacial score (nSPS) is 15.0. The summed E-state index contributed by atoms with van der Waals surface area (Å²) in [5.74, 6) is 1.15. The van der Waals surface area contributed by atoms with Crippen LogP contribution < -0.4 is 9.47 Å². The fraction of sp³-hybridized carbons (Fsp3) is 0.238. The van der Waals surface area contributed by atoms with Gasteiger partial charge in [-0.15, -0.1) is 0 Å². The molecule has 1 aliphatic rings. The SMILES string of the molecule is CCCOc1cc(/C=C2\N=C(c3ccccc3C)OC2=O)ccc1OC. The minimum atomic E-state index is -0.463. The molecule has 1 aliphatic heterocycles. The summed E-state index contributed by atoms with van der Waals surface area (Å²) in [5, 5.41) is 0. The number of cyclic esters (lactones) is 1. The fourth-order valence-corrected chi connectivity index (χ4v) is 2.60. The molecular formula is C21H21NO4. The van der Waals surface area contributed by atoms with E-state index in [4.69, 9.17) is 14.2 Å². The topological polar surface area (TPSA) is 57.1 Å². The lowest BCUT2D eigenvalue weighted by Crippen LogP contribution is -2.06. The number of hydrogen-bond donors (Lipinski definition) is 0. The number of methoxy groups -OCH3 is 1. The monoisotopic (exact) mass is 351 g/mol. The Labute approximate surface area is 152 Å². The molecule has 0 saturated heterocycles. The molecule has 0 spiro atoms. The highest BCUT2D eigenvalue weighted by atomic mass is 16.6. The van der Waals surface area contributed by atoms with Gasteiger partial charge in [0, 0.05) is 5.56 Å². The average molecular weight is 351 g/mol. The van der Waals surface area contributed by atoms with Crippen LogP contribution in [0.15, 0.2) is 53.2 Å². The number of ether oxygens (including phenoxy) is 3. The average Bonchev–Trinajstić information content (AvgIpc) is 3.00. The Hall–Kier alpha value is -3.08. The zero-order valence-corrected chi connectivity index (χ0v) is 15.1. The molecule has 2 aromatic rings. The Morgan fingerprint density at radius 2 is 1.96 bits per heavy atom. The second kappa shape index (κ2) is 7.87. The van der Waals surface area contributed by atoms with E-state index >= 15 is 0 Å². The van der Waals surface area contributed by atoms with Gasteiger partial charge in [-0.2, -0.15) is 0 Å². The highest BCUT2D eigenvalue weighted by Crippen LogP contribution is 2.30. The van der Waals surface area contributed by atoms with Gasteiger partial charge in [-0.1, -0.05) is 31.2 Å². The molecule has 0 amide bonds. The lowest BCUT2D eigenvalue weighted by atomic mass is 10.1. The van der Waals surface area contributed by atoms with Crippen molar-refractivity contribution in [2.75, 3.05) is 13.7 Å². The Bertz CT molecular complexity index is 883. The van der Waals surface area contributed by atoms with Crippen molar-refractivity contribution in [3.8, 4) is 11.5 Å². The summed E-state index contributed by atoms with van der Waals surface area (Å²) >= 11 is 0. The molecule has 0 unspecified atom stereocenters. The molecule has 26 heavy (non-hydrogen) atoms. The quantitative estimate of drug-likeness (QED) is 0.580. The first-order valence-corrected chi connectivity index (χ1v) is 8.51. The molecule has 1 heterocycles. The van der Waals surface area contributed by atoms with Crippen LogP contribution in [0.5, 0.6) is 11.5 Å². The minimum absolute atomic E-state index is 0.259. The van der Waals surface area contributed by atoms with Gasteiger partial charge in [-0.05, 0) is 48.7 Å². The van der Waals surface area contributed by atoms with E-state index in [0.29, 0.717) is 24.0 Å². The third kappa shape index (κ3) is 3.77. The second-order valence-electron chi connectivity index (χ2n) is 5.91. The molecule has 0 radical (unpaired) electrons. The number of carbonyl (C=O) groups excluding carboxylic acids is 1. The van der Waals surface area contributed by atoms with Gasteiger partial charge >= 0.3 is 5.97 Å². The van der Waals surface area contributed by atoms with Crippen LogP contribution >= 0.6 is 0 Å². The van der Waals surface area contributed by atoms with Crippen molar-refractivity contribution in [3.05, 3.63) is 64.9 Å². The van der Waals surface area contributed by atoms with E-state index in [2.05, 4.69) is 4.99 Å². The highest BCUT2D eigenvalue weighted by molar-refractivity contribution is 6.13. The molecule has 0 aromatic heterocycles. The van der Waals surface area contributed by atoms with Crippen molar-refractivity contribution in [3.63, 3.8) is 0 Å². The zero-order chi connectivity index (χ0) is 18.5. The van der Waals surface area contributed by atoms with Crippen molar-refractivity contribution in [2.45, 2.75) is 20.3 Å². The van der Waals surface area contributed by atoms with Crippen molar-refractivity contribution >= 4 is 17.9 Å². The lowest BCUT2D eigenvalue weighted by Gasteiger charge is -2.10. The van der Waals surface area contributed by atoms with Crippen LogP contribution in [0, 0.1) is 6.92 Å². The standard InChI is InChI=1S/C21H21NO4/c1-4-11-25-19-13-15(9-10-18(19)24-3)12-17-21(23)26-20(22-17)16-8-6-5-7-14(16)2/h5-10,12-13H,4,11H2,1-3H3/b17-12-. The molecular weight excluding hydrogens is 330 g/mol. The Morgan fingerprint density at radius 3 is 2.69 bits per heavy atom. The first kappa shape index (κ1) is 17.7. The molecule has 2 aromatic carbocycles. The van der Waals surface area contributed by atoms with Crippen molar-refractivity contribution < 1.29 is 19.0 Å². The molecule has 3 rings (SSSR count). The van der Waals surface area contributed by atoms with Crippen LogP contribution in [0.25, 0.3) is 6.08 Å². The van der Waals surface area contributed by atoms with Crippen LogP contribution in [0.2, 0.25) is 0 Å². The van der Waals surface area contributed by atoms with Gasteiger partial charge in [0.2, 0.25) is 5.90 Å². The van der Waals surface area contributed by atoms with E-state index in [9.17, 15) is 4.79 Å². The van der Waals surface area contributed by atoms with Crippen molar-refractivity contribution in [2.24, 2.45) is 4.99 Å². The summed E-state index contributed by atoms with van der Waals surface area (Å²) in [4.78, 5) is 16.6. The maximum absolute atomic E-state index is 12.2. The van der Waals surface area contributed by atoms with E-state index in [1.807, 2.05) is 56.3 Å². The summed E-state index contributed by atoms with van der Waals surface area (Å²) in [6.45, 7) is 4.58. The van der Waals surface area contributed by atoms with Gasteiger partial charge < -0.3 is 14.2 Å². The third-order valence-electron chi connectivity index (χ3n) is 3.95. The number of hydrogen-bond acceptors (Lipinski definition) is 5. The molecule has 0 N–H and O–H groups in total. The first-order chi connectivity index (χ1) is 12.6. The maximum atomic E-state index is 12.2. The van der Waals surface area contributed by atoms with Crippen molar-refractivity contribution in [1.29, 1.82) is 0 Å². The van der Waals surface area contributed by atoms with Crippen LogP contribution in [0.4, 0.5) is 0 Å². The molecule has 5 nitrogen and oxygen atoms in total. The van der Waals surface area contributed by atoms with E-state index < -0.39 is 5.97 Å². The number of benzene rings is 2. The molecule has 0 atom stereocenters. The fourth-order valence-electron chi connectivity index (χ4n) is 2.60. The van der Waals surface area contributed by atoms with Crippen LogP contribution in [0.1, 0.15) is 30.0 Å². The van der Waals surface area contributed by atoms with Gasteiger partial charge in [0.25, 0.3) is 0 Å². The Kier molecular flexibility index (Phi) is 5.37. The molecule has 0 aliphatic carbocycles.